The summed E-state index contributed by atoms with van der Waals surface area (Å²) in [5.74, 6) is -0.118. The molecule has 1 rings (SSSR count). The molecule has 0 saturated carbocycles. The van der Waals surface area contributed by atoms with Crippen LogP contribution in [-0.4, -0.2) is 37.5 Å². The summed E-state index contributed by atoms with van der Waals surface area (Å²) in [6, 6.07) is -0.275. The van der Waals surface area contributed by atoms with E-state index in [-0.39, 0.29) is 24.4 Å². The molecule has 2 amide bonds. The molecule has 1 atom stereocenters. The predicted molar refractivity (Wildman–Crippen MR) is 43.5 cm³/mol. The van der Waals surface area contributed by atoms with Crippen molar-refractivity contribution in [3.63, 3.8) is 0 Å². The highest BCUT2D eigenvalue weighted by molar-refractivity contribution is 5.86. The molecule has 1 aliphatic rings. The molecule has 5 nitrogen and oxygen atoms in total. The van der Waals surface area contributed by atoms with Crippen molar-refractivity contribution < 1.29 is 9.59 Å². The van der Waals surface area contributed by atoms with Gasteiger partial charge >= 0.3 is 0 Å². The van der Waals surface area contributed by atoms with E-state index < -0.39 is 0 Å². The van der Waals surface area contributed by atoms with Crippen molar-refractivity contribution >= 4 is 11.8 Å². The highest BCUT2D eigenvalue weighted by Gasteiger charge is 2.22. The van der Waals surface area contributed by atoms with Gasteiger partial charge in [0.1, 0.15) is 6.04 Å². The lowest BCUT2D eigenvalue weighted by atomic mass is 10.2. The maximum absolute atomic E-state index is 11.2. The highest BCUT2D eigenvalue weighted by Crippen LogP contribution is 1.87. The van der Waals surface area contributed by atoms with Crippen molar-refractivity contribution in [2.75, 3.05) is 19.6 Å². The summed E-state index contributed by atoms with van der Waals surface area (Å²) in [5.41, 5.74) is 0. The van der Waals surface area contributed by atoms with Gasteiger partial charge in [-0.25, -0.2) is 0 Å². The summed E-state index contributed by atoms with van der Waals surface area (Å²) in [5, 5.41) is 8.12. The lowest BCUT2D eigenvalue weighted by Crippen LogP contribution is -2.57. The Morgan fingerprint density at radius 2 is 2.50 bits per heavy atom. The van der Waals surface area contributed by atoms with E-state index in [1.54, 1.807) is 0 Å². The third-order valence-electron chi connectivity index (χ3n) is 1.68. The molecule has 3 N–H and O–H groups in total. The molecule has 12 heavy (non-hydrogen) atoms. The van der Waals surface area contributed by atoms with Gasteiger partial charge in [-0.1, -0.05) is 0 Å². The number of hydrogen-bond acceptors (Lipinski definition) is 3. The second kappa shape index (κ2) is 4.06. The normalized spacial score (nSPS) is 23.1. The van der Waals surface area contributed by atoms with Crippen molar-refractivity contribution in [3.8, 4) is 0 Å². The summed E-state index contributed by atoms with van der Waals surface area (Å²) in [7, 11) is 0. The molecule has 1 fully saturated rings. The first kappa shape index (κ1) is 8.99. The average Bonchev–Trinajstić information content (AvgIpc) is 2.06. The van der Waals surface area contributed by atoms with Gasteiger partial charge in [0.05, 0.1) is 6.54 Å². The Morgan fingerprint density at radius 1 is 1.75 bits per heavy atom. The van der Waals surface area contributed by atoms with Crippen molar-refractivity contribution in [1.82, 2.24) is 16.0 Å². The van der Waals surface area contributed by atoms with Gasteiger partial charge in [0, 0.05) is 13.1 Å². The number of amides is 2. The third kappa shape index (κ3) is 2.20. The van der Waals surface area contributed by atoms with Crippen LogP contribution in [0.1, 0.15) is 6.92 Å². The smallest absolute Gasteiger partial charge is 0.238 e. The maximum atomic E-state index is 11.2. The fourth-order valence-corrected chi connectivity index (χ4v) is 1.05. The molecule has 68 valence electrons. The summed E-state index contributed by atoms with van der Waals surface area (Å²) < 4.78 is 0. The van der Waals surface area contributed by atoms with Gasteiger partial charge in [0.15, 0.2) is 0 Å². The van der Waals surface area contributed by atoms with Crippen LogP contribution in [0.4, 0.5) is 0 Å². The molecule has 0 aromatic heterocycles. The Labute approximate surface area is 70.9 Å². The van der Waals surface area contributed by atoms with E-state index in [1.807, 2.05) is 6.92 Å². The molecule has 0 aliphatic carbocycles. The topological polar surface area (TPSA) is 70.2 Å². The number of carbonyl (C=O) groups is 2. The van der Waals surface area contributed by atoms with Crippen LogP contribution in [0.25, 0.3) is 0 Å². The van der Waals surface area contributed by atoms with Gasteiger partial charge in [0.25, 0.3) is 0 Å². The van der Waals surface area contributed by atoms with Crippen LogP contribution < -0.4 is 16.0 Å². The number of hydrogen-bond donors (Lipinski definition) is 3. The Morgan fingerprint density at radius 3 is 3.00 bits per heavy atom. The molecule has 1 saturated heterocycles. The van der Waals surface area contributed by atoms with Gasteiger partial charge in [-0.15, -0.1) is 0 Å². The number of nitrogens with one attached hydrogen (secondary N) is 3. The standard InChI is InChI=1S/C7H13N3O2/c1-2-8-7(12)5-3-10-6(11)4-9-5/h5,9H,2-4H2,1H3,(H,8,12)(H,10,11). The lowest BCUT2D eigenvalue weighted by Gasteiger charge is -2.22. The van der Waals surface area contributed by atoms with Crippen molar-refractivity contribution in [2.24, 2.45) is 0 Å². The van der Waals surface area contributed by atoms with Gasteiger partial charge in [0.2, 0.25) is 11.8 Å². The monoisotopic (exact) mass is 171 g/mol. The van der Waals surface area contributed by atoms with Crippen LogP contribution in [0.15, 0.2) is 0 Å². The molecule has 0 aromatic rings. The van der Waals surface area contributed by atoms with Gasteiger partial charge in [-0.05, 0) is 6.92 Å². The SMILES string of the molecule is CCNC(=O)C1CNC(=O)CN1. The van der Waals surface area contributed by atoms with Crippen LogP contribution >= 0.6 is 0 Å². The summed E-state index contributed by atoms with van der Waals surface area (Å²) in [6.45, 7) is 3.08. The molecular weight excluding hydrogens is 158 g/mol. The Bertz CT molecular complexity index is 183. The Kier molecular flexibility index (Phi) is 3.04. The van der Waals surface area contributed by atoms with E-state index in [4.69, 9.17) is 0 Å². The van der Waals surface area contributed by atoms with E-state index in [2.05, 4.69) is 16.0 Å². The fourth-order valence-electron chi connectivity index (χ4n) is 1.05. The second-order valence-corrected chi connectivity index (χ2v) is 2.63. The minimum Gasteiger partial charge on any atom is -0.355 e. The highest BCUT2D eigenvalue weighted by atomic mass is 16.2. The molecular formula is C7H13N3O2. The van der Waals surface area contributed by atoms with Gasteiger partial charge in [-0.2, -0.15) is 0 Å². The van der Waals surface area contributed by atoms with Crippen molar-refractivity contribution in [2.45, 2.75) is 13.0 Å². The maximum Gasteiger partial charge on any atom is 0.238 e. The molecule has 1 aliphatic heterocycles. The van der Waals surface area contributed by atoms with Crippen molar-refractivity contribution in [3.05, 3.63) is 0 Å². The van der Waals surface area contributed by atoms with Crippen LogP contribution in [0.3, 0.4) is 0 Å². The quantitative estimate of drug-likeness (QED) is 0.459. The zero-order valence-corrected chi connectivity index (χ0v) is 7.02. The zero-order valence-electron chi connectivity index (χ0n) is 7.02. The number of carbonyl (C=O) groups excluding carboxylic acids is 2. The molecule has 0 bridgehead atoms. The second-order valence-electron chi connectivity index (χ2n) is 2.63. The number of likely N-dealkylation sites (N-methyl/N-ethyl adjacent to an activating group) is 1. The van der Waals surface area contributed by atoms with E-state index in [9.17, 15) is 9.59 Å². The Hall–Kier alpha value is -1.10. The van der Waals surface area contributed by atoms with Crippen LogP contribution in [0.5, 0.6) is 0 Å². The average molecular weight is 171 g/mol. The lowest BCUT2D eigenvalue weighted by molar-refractivity contribution is -0.126. The molecule has 1 heterocycles. The fraction of sp³-hybridized carbons (Fsp3) is 0.714. The number of rotatable bonds is 2. The minimum absolute atomic E-state index is 0.0579. The van der Waals surface area contributed by atoms with Gasteiger partial charge in [-0.3, -0.25) is 14.9 Å². The first-order valence-corrected chi connectivity index (χ1v) is 4.02. The van der Waals surface area contributed by atoms with E-state index >= 15 is 0 Å². The van der Waals surface area contributed by atoms with Crippen molar-refractivity contribution in [1.29, 1.82) is 0 Å². The van der Waals surface area contributed by atoms with E-state index in [0.717, 1.165) is 0 Å². The predicted octanol–water partition coefficient (Wildman–Crippen LogP) is -1.79. The first-order chi connectivity index (χ1) is 5.74. The summed E-state index contributed by atoms with van der Waals surface area (Å²) in [4.78, 5) is 21.9. The van der Waals surface area contributed by atoms with Crippen LogP contribution in [0.2, 0.25) is 0 Å². The minimum atomic E-state index is -0.275. The largest absolute Gasteiger partial charge is 0.355 e. The molecule has 0 spiro atoms. The summed E-state index contributed by atoms with van der Waals surface area (Å²) >= 11 is 0. The zero-order chi connectivity index (χ0) is 8.97. The molecule has 0 radical (unpaired) electrons. The van der Waals surface area contributed by atoms with E-state index in [0.29, 0.717) is 13.1 Å². The molecule has 1 unspecified atom stereocenters. The third-order valence-corrected chi connectivity index (χ3v) is 1.68. The first-order valence-electron chi connectivity index (χ1n) is 4.02. The van der Waals surface area contributed by atoms with Gasteiger partial charge < -0.3 is 10.6 Å². The number of piperazine rings is 1. The van der Waals surface area contributed by atoms with E-state index in [1.165, 1.54) is 0 Å². The van der Waals surface area contributed by atoms with Crippen LogP contribution in [-0.2, 0) is 9.59 Å². The van der Waals surface area contributed by atoms with Crippen LogP contribution in [0, 0.1) is 0 Å². The molecule has 5 heteroatoms. The summed E-state index contributed by atoms with van der Waals surface area (Å²) in [6.07, 6.45) is 0. The molecule has 0 aromatic carbocycles. The Balaban J connectivity index is 2.33.